The molecule has 0 aliphatic carbocycles. The molecule has 1 N–H and O–H groups in total. The van der Waals surface area contributed by atoms with Crippen LogP contribution < -0.4 is 0 Å². The van der Waals surface area contributed by atoms with Crippen LogP contribution in [0, 0.1) is 5.92 Å². The molecular weight excluding hydrogens is 286 g/mol. The van der Waals surface area contributed by atoms with Gasteiger partial charge in [0, 0.05) is 6.54 Å². The van der Waals surface area contributed by atoms with Crippen LogP contribution in [0.3, 0.4) is 0 Å². The van der Waals surface area contributed by atoms with Gasteiger partial charge < -0.3 is 4.90 Å². The van der Waals surface area contributed by atoms with E-state index in [0.29, 0.717) is 6.26 Å². The molecule has 1 atom stereocenters. The molecule has 0 amide bonds. The summed E-state index contributed by atoms with van der Waals surface area (Å²) in [5, 5.41) is 0. The largest absolute Gasteiger partial charge is 0.303 e. The molecule has 0 saturated carbocycles. The first-order valence-electron chi connectivity index (χ1n) is 8.51. The molecule has 1 aliphatic heterocycles. The molecule has 1 fully saturated rings. The molecule has 0 aromatic rings. The van der Waals surface area contributed by atoms with Crippen LogP contribution in [0.5, 0.6) is 0 Å². The molecule has 1 unspecified atom stereocenters. The van der Waals surface area contributed by atoms with Crippen molar-refractivity contribution in [3.8, 4) is 0 Å². The van der Waals surface area contributed by atoms with Crippen LogP contribution in [0.1, 0.15) is 71.6 Å². The van der Waals surface area contributed by atoms with E-state index >= 15 is 0 Å². The first-order chi connectivity index (χ1) is 9.86. The Kier molecular flexibility index (Phi) is 12.3. The lowest BCUT2D eigenvalue weighted by Gasteiger charge is -2.32. The number of unbranched alkanes of at least 4 members (excludes halogenated alkanes) is 4. The molecule has 0 bridgehead atoms. The monoisotopic (exact) mass is 321 g/mol. The van der Waals surface area contributed by atoms with Crippen molar-refractivity contribution in [1.82, 2.24) is 4.90 Å². The van der Waals surface area contributed by atoms with Crippen LogP contribution in [0.15, 0.2) is 0 Å². The Morgan fingerprint density at radius 2 is 1.71 bits per heavy atom. The average molecular weight is 322 g/mol. The second-order valence-electron chi connectivity index (χ2n) is 6.24. The number of likely N-dealkylation sites (tertiary alicyclic amines) is 1. The lowest BCUT2D eigenvalue weighted by atomic mass is 9.93. The van der Waals surface area contributed by atoms with Gasteiger partial charge in [-0.2, -0.15) is 8.42 Å². The van der Waals surface area contributed by atoms with Crippen molar-refractivity contribution in [2.75, 3.05) is 25.9 Å². The number of piperidine rings is 1. The molecule has 0 aromatic heterocycles. The summed E-state index contributed by atoms with van der Waals surface area (Å²) in [6.45, 7) is 8.74. The van der Waals surface area contributed by atoms with Gasteiger partial charge in [-0.15, -0.1) is 0 Å². The standard InChI is InChI=1S/C15H31N.CH4O3S/c1-3-5-6-7-8-12-16-13-9-11-15(14-16)10-4-2;1-5(2,3)4/h15H,3-14H2,1-2H3;1H3,(H,2,3,4). The van der Waals surface area contributed by atoms with Gasteiger partial charge in [-0.3, -0.25) is 4.55 Å². The third kappa shape index (κ3) is 16.1. The fourth-order valence-corrected chi connectivity index (χ4v) is 2.94. The highest BCUT2D eigenvalue weighted by Crippen LogP contribution is 2.21. The Morgan fingerprint density at radius 1 is 1.10 bits per heavy atom. The molecule has 0 radical (unpaired) electrons. The second-order valence-corrected chi connectivity index (χ2v) is 7.71. The van der Waals surface area contributed by atoms with Gasteiger partial charge in [-0.25, -0.2) is 0 Å². The first-order valence-corrected chi connectivity index (χ1v) is 10.4. The third-order valence-corrected chi connectivity index (χ3v) is 3.88. The Labute approximate surface area is 132 Å². The van der Waals surface area contributed by atoms with Crippen LogP contribution in [0.4, 0.5) is 0 Å². The van der Waals surface area contributed by atoms with Crippen molar-refractivity contribution in [1.29, 1.82) is 0 Å². The van der Waals surface area contributed by atoms with Gasteiger partial charge in [0.05, 0.1) is 6.26 Å². The zero-order chi connectivity index (χ0) is 16.1. The normalized spacial score (nSPS) is 19.9. The molecule has 128 valence electrons. The minimum atomic E-state index is -3.67. The van der Waals surface area contributed by atoms with E-state index in [4.69, 9.17) is 4.55 Å². The maximum atomic E-state index is 9.19. The summed E-state index contributed by atoms with van der Waals surface area (Å²) in [5.41, 5.74) is 0. The summed E-state index contributed by atoms with van der Waals surface area (Å²) in [4.78, 5) is 2.72. The zero-order valence-electron chi connectivity index (χ0n) is 14.2. The predicted molar refractivity (Wildman–Crippen MR) is 90.3 cm³/mol. The molecule has 0 aromatic carbocycles. The Balaban J connectivity index is 0.000000690. The van der Waals surface area contributed by atoms with Crippen molar-refractivity contribution in [3.63, 3.8) is 0 Å². The van der Waals surface area contributed by atoms with Gasteiger partial charge in [-0.05, 0) is 44.7 Å². The Bertz CT molecular complexity index is 320. The van der Waals surface area contributed by atoms with Gasteiger partial charge in [0.2, 0.25) is 0 Å². The molecule has 21 heavy (non-hydrogen) atoms. The molecule has 5 heteroatoms. The number of hydrogen-bond donors (Lipinski definition) is 1. The summed E-state index contributed by atoms with van der Waals surface area (Å²) in [6, 6.07) is 0. The predicted octanol–water partition coefficient (Wildman–Crippen LogP) is 3.97. The van der Waals surface area contributed by atoms with Crippen molar-refractivity contribution in [3.05, 3.63) is 0 Å². The van der Waals surface area contributed by atoms with Gasteiger partial charge in [0.1, 0.15) is 0 Å². The minimum absolute atomic E-state index is 0.715. The van der Waals surface area contributed by atoms with E-state index in [9.17, 15) is 8.42 Å². The fraction of sp³-hybridized carbons (Fsp3) is 1.00. The number of hydrogen-bond acceptors (Lipinski definition) is 3. The van der Waals surface area contributed by atoms with Crippen LogP contribution in [-0.2, 0) is 10.1 Å². The Morgan fingerprint density at radius 3 is 2.29 bits per heavy atom. The molecule has 0 spiro atoms. The fourth-order valence-electron chi connectivity index (χ4n) is 2.94. The molecule has 1 aliphatic rings. The SMILES string of the molecule is CCCCCCCN1CCCC(CCC)C1.CS(=O)(=O)O. The van der Waals surface area contributed by atoms with E-state index in [0.717, 1.165) is 5.92 Å². The number of rotatable bonds is 8. The molecule has 4 nitrogen and oxygen atoms in total. The highest BCUT2D eigenvalue weighted by Gasteiger charge is 2.18. The van der Waals surface area contributed by atoms with Gasteiger partial charge in [-0.1, -0.05) is 46.0 Å². The van der Waals surface area contributed by atoms with Crippen LogP contribution in [-0.4, -0.2) is 43.8 Å². The van der Waals surface area contributed by atoms with E-state index < -0.39 is 10.1 Å². The molecular formula is C16H35NO3S. The summed E-state index contributed by atoms with van der Waals surface area (Å²) in [7, 11) is -3.67. The van der Waals surface area contributed by atoms with Crippen molar-refractivity contribution >= 4 is 10.1 Å². The summed E-state index contributed by atoms with van der Waals surface area (Å²) < 4.78 is 25.9. The van der Waals surface area contributed by atoms with E-state index in [-0.39, 0.29) is 0 Å². The topological polar surface area (TPSA) is 57.6 Å². The van der Waals surface area contributed by atoms with E-state index in [1.807, 2.05) is 0 Å². The number of nitrogens with zero attached hydrogens (tertiary/aromatic N) is 1. The minimum Gasteiger partial charge on any atom is -0.303 e. The average Bonchev–Trinajstić information content (AvgIpc) is 2.37. The molecule has 1 heterocycles. The maximum Gasteiger partial charge on any atom is 0.261 e. The lowest BCUT2D eigenvalue weighted by molar-refractivity contribution is 0.165. The maximum absolute atomic E-state index is 9.19. The summed E-state index contributed by atoms with van der Waals surface area (Å²) in [5.74, 6) is 1.01. The first kappa shape index (κ1) is 20.9. The van der Waals surface area contributed by atoms with Crippen LogP contribution in [0.25, 0.3) is 0 Å². The van der Waals surface area contributed by atoms with Gasteiger partial charge in [0.25, 0.3) is 10.1 Å². The third-order valence-electron chi connectivity index (χ3n) is 3.88. The Hall–Kier alpha value is -0.130. The summed E-state index contributed by atoms with van der Waals surface area (Å²) in [6.07, 6.45) is 13.6. The van der Waals surface area contributed by atoms with Crippen molar-refractivity contribution in [2.24, 2.45) is 5.92 Å². The highest BCUT2D eigenvalue weighted by atomic mass is 32.2. The zero-order valence-corrected chi connectivity index (χ0v) is 15.0. The lowest BCUT2D eigenvalue weighted by Crippen LogP contribution is -2.35. The highest BCUT2D eigenvalue weighted by molar-refractivity contribution is 7.85. The van der Waals surface area contributed by atoms with Crippen LogP contribution in [0.2, 0.25) is 0 Å². The van der Waals surface area contributed by atoms with Crippen molar-refractivity contribution < 1.29 is 13.0 Å². The van der Waals surface area contributed by atoms with E-state index in [1.54, 1.807) is 0 Å². The molecule has 1 saturated heterocycles. The summed E-state index contributed by atoms with van der Waals surface area (Å²) >= 11 is 0. The quantitative estimate of drug-likeness (QED) is 0.543. The van der Waals surface area contributed by atoms with E-state index in [1.165, 1.54) is 77.4 Å². The smallest absolute Gasteiger partial charge is 0.261 e. The van der Waals surface area contributed by atoms with Gasteiger partial charge >= 0.3 is 0 Å². The van der Waals surface area contributed by atoms with Crippen molar-refractivity contribution in [2.45, 2.75) is 71.6 Å². The van der Waals surface area contributed by atoms with Gasteiger partial charge in [0.15, 0.2) is 0 Å². The van der Waals surface area contributed by atoms with E-state index in [2.05, 4.69) is 18.7 Å². The molecule has 1 rings (SSSR count). The second kappa shape index (κ2) is 12.4. The van der Waals surface area contributed by atoms with Crippen LogP contribution >= 0.6 is 0 Å².